The van der Waals surface area contributed by atoms with Crippen molar-refractivity contribution in [1.82, 2.24) is 0 Å². The zero-order valence-electron chi connectivity index (χ0n) is 12.4. The lowest BCUT2D eigenvalue weighted by molar-refractivity contribution is -0.387. The Morgan fingerprint density at radius 1 is 1.08 bits per heavy atom. The fraction of sp³-hybridized carbons (Fsp3) is 0.0769. The van der Waals surface area contributed by atoms with E-state index in [9.17, 15) is 33.0 Å². The second-order valence-electron chi connectivity index (χ2n) is 4.84. The summed E-state index contributed by atoms with van der Waals surface area (Å²) in [7, 11) is -4.35. The summed E-state index contributed by atoms with van der Waals surface area (Å²) < 4.78 is 40.0. The van der Waals surface area contributed by atoms with Gasteiger partial charge in [-0.2, -0.15) is 4.39 Å². The van der Waals surface area contributed by atoms with E-state index < -0.39 is 42.0 Å². The molecule has 0 heterocycles. The summed E-state index contributed by atoms with van der Waals surface area (Å²) in [5.41, 5.74) is -1.62. The highest BCUT2D eigenvalue weighted by Gasteiger charge is 2.24. The van der Waals surface area contributed by atoms with Crippen LogP contribution >= 0.6 is 11.6 Å². The number of sulfonamides is 1. The van der Waals surface area contributed by atoms with Gasteiger partial charge in [0, 0.05) is 17.7 Å². The van der Waals surface area contributed by atoms with E-state index >= 15 is 0 Å². The van der Waals surface area contributed by atoms with Gasteiger partial charge in [-0.1, -0.05) is 11.6 Å². The van der Waals surface area contributed by atoms with E-state index in [1.165, 1.54) is 6.92 Å². The maximum atomic E-state index is 13.3. The van der Waals surface area contributed by atoms with Gasteiger partial charge in [0.25, 0.3) is 15.7 Å². The molecule has 0 unspecified atom stereocenters. The lowest BCUT2D eigenvalue weighted by Gasteiger charge is -2.10. The van der Waals surface area contributed by atoms with Crippen LogP contribution in [0.3, 0.4) is 0 Å². The summed E-state index contributed by atoms with van der Waals surface area (Å²) in [5.74, 6) is -1.14. The van der Waals surface area contributed by atoms with E-state index in [-0.39, 0.29) is 16.3 Å². The Morgan fingerprint density at radius 3 is 2.24 bits per heavy atom. The monoisotopic (exact) mass is 389 g/mol. The molecule has 0 saturated heterocycles. The molecule has 0 aliphatic rings. The Kier molecular flexibility index (Phi) is 4.90. The first-order chi connectivity index (χ1) is 11.5. The van der Waals surface area contributed by atoms with E-state index in [0.29, 0.717) is 6.07 Å². The molecule has 132 valence electrons. The molecule has 0 aromatic heterocycles. The maximum absolute atomic E-state index is 13.3. The number of nitrogens with one attached hydrogen (secondary N) is 1. The van der Waals surface area contributed by atoms with Gasteiger partial charge in [0.15, 0.2) is 0 Å². The van der Waals surface area contributed by atoms with Gasteiger partial charge in [-0.3, -0.25) is 25.0 Å². The minimum atomic E-state index is -4.35. The lowest BCUT2D eigenvalue weighted by atomic mass is 10.2. The molecule has 0 aliphatic carbocycles. The van der Waals surface area contributed by atoms with Gasteiger partial charge < -0.3 is 0 Å². The number of nitro groups is 2. The van der Waals surface area contributed by atoms with E-state index in [1.807, 2.05) is 4.72 Å². The second-order valence-corrected chi connectivity index (χ2v) is 6.92. The van der Waals surface area contributed by atoms with Gasteiger partial charge in [0.1, 0.15) is 0 Å². The molecular weight excluding hydrogens is 381 g/mol. The Morgan fingerprint density at radius 2 is 1.68 bits per heavy atom. The molecule has 0 atom stereocenters. The van der Waals surface area contributed by atoms with Gasteiger partial charge in [0.2, 0.25) is 5.82 Å². The molecule has 2 aromatic carbocycles. The van der Waals surface area contributed by atoms with Crippen molar-refractivity contribution in [2.75, 3.05) is 4.72 Å². The van der Waals surface area contributed by atoms with Crippen LogP contribution in [0.25, 0.3) is 0 Å². The normalized spacial score (nSPS) is 11.2. The molecule has 25 heavy (non-hydrogen) atoms. The standard InChI is InChI=1S/C13H9ClFN3O6S/c1-7-10(14)5-9(6-12(7)17(19)20)25(23,24)16-8-2-3-11(15)13(4-8)18(21)22/h2-6,16H,1H3. The molecule has 2 aromatic rings. The summed E-state index contributed by atoms with van der Waals surface area (Å²) in [6.07, 6.45) is 0. The van der Waals surface area contributed by atoms with Gasteiger partial charge in [0.05, 0.1) is 25.5 Å². The second kappa shape index (κ2) is 6.61. The zero-order valence-corrected chi connectivity index (χ0v) is 14.0. The van der Waals surface area contributed by atoms with Crippen molar-refractivity contribution in [3.05, 3.63) is 67.0 Å². The average Bonchev–Trinajstić information content (AvgIpc) is 2.50. The van der Waals surface area contributed by atoms with Crippen molar-refractivity contribution in [2.24, 2.45) is 0 Å². The predicted molar refractivity (Wildman–Crippen MR) is 86.7 cm³/mol. The van der Waals surface area contributed by atoms with Crippen LogP contribution in [0.5, 0.6) is 0 Å². The summed E-state index contributed by atoms with van der Waals surface area (Å²) in [6, 6.07) is 4.20. The third-order valence-electron chi connectivity index (χ3n) is 3.19. The molecule has 1 N–H and O–H groups in total. The van der Waals surface area contributed by atoms with Crippen molar-refractivity contribution in [1.29, 1.82) is 0 Å². The molecule has 0 amide bonds. The molecule has 0 spiro atoms. The minimum Gasteiger partial charge on any atom is -0.279 e. The smallest absolute Gasteiger partial charge is 0.279 e. The highest BCUT2D eigenvalue weighted by atomic mass is 35.5. The molecule has 12 heteroatoms. The number of benzene rings is 2. The Labute approximate surface area is 145 Å². The first kappa shape index (κ1) is 18.5. The van der Waals surface area contributed by atoms with E-state index in [2.05, 4.69) is 0 Å². The first-order valence-corrected chi connectivity index (χ1v) is 8.30. The Hall–Kier alpha value is -2.79. The van der Waals surface area contributed by atoms with Crippen LogP contribution in [-0.4, -0.2) is 18.3 Å². The van der Waals surface area contributed by atoms with Crippen LogP contribution in [0.2, 0.25) is 5.02 Å². The minimum absolute atomic E-state index is 0.0861. The number of hydrogen-bond donors (Lipinski definition) is 1. The van der Waals surface area contributed by atoms with E-state index in [0.717, 1.165) is 24.3 Å². The zero-order chi connectivity index (χ0) is 18.9. The van der Waals surface area contributed by atoms with E-state index in [4.69, 9.17) is 11.6 Å². The fourth-order valence-corrected chi connectivity index (χ4v) is 3.29. The number of hydrogen-bond acceptors (Lipinski definition) is 6. The van der Waals surface area contributed by atoms with Gasteiger partial charge in [-0.25, -0.2) is 8.42 Å². The van der Waals surface area contributed by atoms with Crippen molar-refractivity contribution >= 4 is 38.7 Å². The van der Waals surface area contributed by atoms with Crippen molar-refractivity contribution in [3.8, 4) is 0 Å². The van der Waals surface area contributed by atoms with Crippen molar-refractivity contribution in [3.63, 3.8) is 0 Å². The van der Waals surface area contributed by atoms with Crippen LogP contribution < -0.4 is 4.72 Å². The number of halogens is 2. The van der Waals surface area contributed by atoms with Crippen LogP contribution in [0, 0.1) is 33.0 Å². The van der Waals surface area contributed by atoms with Crippen LogP contribution in [0.4, 0.5) is 21.5 Å². The topological polar surface area (TPSA) is 132 Å². The number of anilines is 1. The van der Waals surface area contributed by atoms with Crippen molar-refractivity contribution in [2.45, 2.75) is 11.8 Å². The molecule has 0 aliphatic heterocycles. The molecule has 0 bridgehead atoms. The Bertz CT molecular complexity index is 995. The Balaban J connectivity index is 2.49. The third-order valence-corrected chi connectivity index (χ3v) is 4.95. The quantitative estimate of drug-likeness (QED) is 0.615. The highest BCUT2D eigenvalue weighted by Crippen LogP contribution is 2.31. The summed E-state index contributed by atoms with van der Waals surface area (Å²) in [6.45, 7) is 1.35. The molecule has 0 radical (unpaired) electrons. The van der Waals surface area contributed by atoms with Crippen LogP contribution in [0.15, 0.2) is 35.2 Å². The maximum Gasteiger partial charge on any atom is 0.306 e. The summed E-state index contributed by atoms with van der Waals surface area (Å²) >= 11 is 5.82. The number of nitro benzene ring substituents is 2. The van der Waals surface area contributed by atoms with Crippen LogP contribution in [0.1, 0.15) is 5.56 Å². The first-order valence-electron chi connectivity index (χ1n) is 6.44. The fourth-order valence-electron chi connectivity index (χ4n) is 1.92. The number of rotatable bonds is 5. The molecule has 2 rings (SSSR count). The number of nitrogens with zero attached hydrogens (tertiary/aromatic N) is 2. The third kappa shape index (κ3) is 3.83. The van der Waals surface area contributed by atoms with Gasteiger partial charge in [-0.05, 0) is 25.1 Å². The van der Waals surface area contributed by atoms with Gasteiger partial charge in [-0.15, -0.1) is 0 Å². The average molecular weight is 390 g/mol. The summed E-state index contributed by atoms with van der Waals surface area (Å²) in [4.78, 5) is 19.4. The lowest BCUT2D eigenvalue weighted by Crippen LogP contribution is -2.14. The van der Waals surface area contributed by atoms with E-state index in [1.54, 1.807) is 0 Å². The molecule has 0 saturated carbocycles. The molecule has 9 nitrogen and oxygen atoms in total. The SMILES string of the molecule is Cc1c(Cl)cc(S(=O)(=O)Nc2ccc(F)c([N+](=O)[O-])c2)cc1[N+](=O)[O-]. The van der Waals surface area contributed by atoms with Crippen molar-refractivity contribution < 1.29 is 22.7 Å². The predicted octanol–water partition coefficient (Wildman–Crippen LogP) is 3.40. The molecular formula is C13H9ClFN3O6S. The largest absolute Gasteiger partial charge is 0.306 e. The van der Waals surface area contributed by atoms with Gasteiger partial charge >= 0.3 is 5.69 Å². The summed E-state index contributed by atoms with van der Waals surface area (Å²) in [5, 5.41) is 21.6. The highest BCUT2D eigenvalue weighted by molar-refractivity contribution is 7.92. The van der Waals surface area contributed by atoms with Crippen LogP contribution in [-0.2, 0) is 10.0 Å². The molecule has 0 fully saturated rings.